The van der Waals surface area contributed by atoms with Crippen LogP contribution in [0.2, 0.25) is 0 Å². The first kappa shape index (κ1) is 21.1. The Balaban J connectivity index is 1.46. The summed E-state index contributed by atoms with van der Waals surface area (Å²) < 4.78 is 52.5. The molecular formula is C20H19F2N3O5S. The van der Waals surface area contributed by atoms with Crippen LogP contribution in [0.25, 0.3) is 11.5 Å². The number of alkyl halides is 2. The van der Waals surface area contributed by atoms with Crippen molar-refractivity contribution in [2.24, 2.45) is 0 Å². The summed E-state index contributed by atoms with van der Waals surface area (Å²) in [6, 6.07) is 10.2. The number of hydrogen-bond acceptors (Lipinski definition) is 8. The largest absolute Gasteiger partial charge is 0.493 e. The first-order valence-electron chi connectivity index (χ1n) is 9.21. The van der Waals surface area contributed by atoms with Crippen molar-refractivity contribution in [1.82, 2.24) is 14.7 Å². The first-order valence-corrected chi connectivity index (χ1v) is 9.62. The van der Waals surface area contributed by atoms with Gasteiger partial charge < -0.3 is 23.4 Å². The molecule has 0 saturated heterocycles. The SMILES string of the molecule is COc1cc(CN(C)Cn2nc(-c3ccc4c(c3)OCO4)oc2=S)ccc1OC(F)F. The lowest BCUT2D eigenvalue weighted by Gasteiger charge is -2.17. The lowest BCUT2D eigenvalue weighted by molar-refractivity contribution is -0.0512. The highest BCUT2D eigenvalue weighted by atomic mass is 32.1. The van der Waals surface area contributed by atoms with E-state index in [0.717, 1.165) is 11.1 Å². The maximum absolute atomic E-state index is 12.5. The monoisotopic (exact) mass is 451 g/mol. The van der Waals surface area contributed by atoms with Gasteiger partial charge in [0.2, 0.25) is 12.7 Å². The van der Waals surface area contributed by atoms with Gasteiger partial charge in [-0.1, -0.05) is 6.07 Å². The van der Waals surface area contributed by atoms with E-state index in [9.17, 15) is 8.78 Å². The van der Waals surface area contributed by atoms with Crippen LogP contribution in [0.1, 0.15) is 5.56 Å². The molecule has 1 aliphatic heterocycles. The minimum Gasteiger partial charge on any atom is -0.493 e. The van der Waals surface area contributed by atoms with E-state index < -0.39 is 6.61 Å². The molecule has 0 bridgehead atoms. The lowest BCUT2D eigenvalue weighted by Crippen LogP contribution is -2.22. The topological polar surface area (TPSA) is 71.1 Å². The molecule has 4 rings (SSSR count). The highest BCUT2D eigenvalue weighted by molar-refractivity contribution is 7.71. The van der Waals surface area contributed by atoms with E-state index >= 15 is 0 Å². The average molecular weight is 451 g/mol. The van der Waals surface area contributed by atoms with E-state index in [1.165, 1.54) is 13.2 Å². The molecule has 2 heterocycles. The number of rotatable bonds is 8. The molecule has 0 N–H and O–H groups in total. The Morgan fingerprint density at radius 1 is 1.16 bits per heavy atom. The Hall–Kier alpha value is -3.18. The molecule has 8 nitrogen and oxygen atoms in total. The van der Waals surface area contributed by atoms with Gasteiger partial charge in [-0.05, 0) is 55.2 Å². The third-order valence-corrected chi connectivity index (χ3v) is 4.79. The van der Waals surface area contributed by atoms with Crippen LogP contribution in [0.3, 0.4) is 0 Å². The first-order chi connectivity index (χ1) is 14.9. The molecule has 0 spiro atoms. The van der Waals surface area contributed by atoms with Gasteiger partial charge in [-0.3, -0.25) is 4.90 Å². The van der Waals surface area contributed by atoms with Gasteiger partial charge >= 0.3 is 6.61 Å². The highest BCUT2D eigenvalue weighted by Crippen LogP contribution is 2.35. The number of methoxy groups -OCH3 is 1. The zero-order valence-corrected chi connectivity index (χ0v) is 17.5. The molecule has 0 atom stereocenters. The second kappa shape index (κ2) is 8.90. The van der Waals surface area contributed by atoms with Crippen LogP contribution in [-0.2, 0) is 13.2 Å². The maximum Gasteiger partial charge on any atom is 0.387 e. The van der Waals surface area contributed by atoms with E-state index in [0.29, 0.717) is 30.6 Å². The van der Waals surface area contributed by atoms with Crippen molar-refractivity contribution in [2.75, 3.05) is 21.0 Å². The predicted molar refractivity (Wildman–Crippen MR) is 108 cm³/mol. The summed E-state index contributed by atoms with van der Waals surface area (Å²) >= 11 is 5.30. The van der Waals surface area contributed by atoms with Crippen molar-refractivity contribution in [1.29, 1.82) is 0 Å². The Labute approximate surface area is 181 Å². The second-order valence-corrected chi connectivity index (χ2v) is 7.11. The van der Waals surface area contributed by atoms with Gasteiger partial charge in [0.1, 0.15) is 0 Å². The third-order valence-electron chi connectivity index (χ3n) is 4.50. The highest BCUT2D eigenvalue weighted by Gasteiger charge is 2.17. The summed E-state index contributed by atoms with van der Waals surface area (Å²) in [4.78, 5) is 2.15. The Bertz CT molecular complexity index is 1130. The molecule has 3 aromatic rings. The fourth-order valence-corrected chi connectivity index (χ4v) is 3.31. The van der Waals surface area contributed by atoms with Crippen molar-refractivity contribution in [3.8, 4) is 34.5 Å². The molecule has 31 heavy (non-hydrogen) atoms. The van der Waals surface area contributed by atoms with Crippen molar-refractivity contribution >= 4 is 12.2 Å². The van der Waals surface area contributed by atoms with Crippen LogP contribution in [-0.4, -0.2) is 42.2 Å². The molecule has 0 amide bonds. The summed E-state index contributed by atoms with van der Waals surface area (Å²) in [5.41, 5.74) is 1.56. The lowest BCUT2D eigenvalue weighted by atomic mass is 10.2. The number of fused-ring (bicyclic) bond motifs is 1. The third kappa shape index (κ3) is 4.78. The normalized spacial score (nSPS) is 12.6. The molecule has 0 fully saturated rings. The van der Waals surface area contributed by atoms with Crippen molar-refractivity contribution in [3.05, 3.63) is 46.8 Å². The summed E-state index contributed by atoms with van der Waals surface area (Å²) in [5.74, 6) is 1.87. The predicted octanol–water partition coefficient (Wildman–Crippen LogP) is 4.30. The van der Waals surface area contributed by atoms with Gasteiger partial charge in [0.25, 0.3) is 4.84 Å². The number of ether oxygens (including phenoxy) is 4. The molecule has 0 aliphatic carbocycles. The zero-order chi connectivity index (χ0) is 22.0. The van der Waals surface area contributed by atoms with Gasteiger partial charge in [-0.25, -0.2) is 4.68 Å². The van der Waals surface area contributed by atoms with E-state index in [-0.39, 0.29) is 23.1 Å². The van der Waals surface area contributed by atoms with E-state index in [1.54, 1.807) is 28.9 Å². The van der Waals surface area contributed by atoms with Gasteiger partial charge in [0.15, 0.2) is 23.0 Å². The van der Waals surface area contributed by atoms with Crippen LogP contribution in [0, 0.1) is 4.84 Å². The number of aromatic nitrogens is 2. The molecule has 1 aliphatic rings. The van der Waals surface area contributed by atoms with Crippen LogP contribution in [0.15, 0.2) is 40.8 Å². The Morgan fingerprint density at radius 2 is 1.97 bits per heavy atom. The van der Waals surface area contributed by atoms with Gasteiger partial charge in [-0.15, -0.1) is 5.10 Å². The summed E-state index contributed by atoms with van der Waals surface area (Å²) in [5, 5.41) is 4.45. The minimum absolute atomic E-state index is 0.0176. The number of hydrogen-bond donors (Lipinski definition) is 0. The van der Waals surface area contributed by atoms with Crippen LogP contribution in [0.5, 0.6) is 23.0 Å². The molecule has 1 aromatic heterocycles. The minimum atomic E-state index is -2.92. The van der Waals surface area contributed by atoms with Crippen molar-refractivity contribution < 1.29 is 32.1 Å². The molecular weight excluding hydrogens is 432 g/mol. The van der Waals surface area contributed by atoms with E-state index in [4.69, 9.17) is 30.8 Å². The van der Waals surface area contributed by atoms with Crippen molar-refractivity contribution in [2.45, 2.75) is 19.8 Å². The van der Waals surface area contributed by atoms with Gasteiger partial charge in [0.05, 0.1) is 13.8 Å². The average Bonchev–Trinajstić information content (AvgIpc) is 3.34. The summed E-state index contributed by atoms with van der Waals surface area (Å²) in [6.45, 7) is -1.90. The van der Waals surface area contributed by atoms with Crippen molar-refractivity contribution in [3.63, 3.8) is 0 Å². The van der Waals surface area contributed by atoms with E-state index in [2.05, 4.69) is 9.84 Å². The van der Waals surface area contributed by atoms with Gasteiger partial charge in [0, 0.05) is 12.1 Å². The van der Waals surface area contributed by atoms with Gasteiger partial charge in [-0.2, -0.15) is 8.78 Å². The summed E-state index contributed by atoms with van der Waals surface area (Å²) in [7, 11) is 3.26. The number of benzene rings is 2. The van der Waals surface area contributed by atoms with Crippen LogP contribution in [0.4, 0.5) is 8.78 Å². The number of nitrogens with zero attached hydrogens (tertiary/aromatic N) is 3. The Kier molecular flexibility index (Phi) is 6.05. The fraction of sp³-hybridized carbons (Fsp3) is 0.300. The Morgan fingerprint density at radius 3 is 2.74 bits per heavy atom. The quantitative estimate of drug-likeness (QED) is 0.470. The molecule has 11 heteroatoms. The number of halogens is 2. The maximum atomic E-state index is 12.5. The zero-order valence-electron chi connectivity index (χ0n) is 16.7. The molecule has 0 saturated carbocycles. The molecule has 164 valence electrons. The van der Waals surface area contributed by atoms with Crippen LogP contribution >= 0.6 is 12.2 Å². The molecule has 2 aromatic carbocycles. The fourth-order valence-electron chi connectivity index (χ4n) is 3.14. The molecule has 0 radical (unpaired) electrons. The molecule has 0 unspecified atom stereocenters. The standard InChI is InChI=1S/C20H19F2N3O5S/c1-24(9-12-3-5-15(29-19(21)22)16(7-12)26-2)10-25-20(31)30-18(23-25)13-4-6-14-17(8-13)28-11-27-14/h3-8,19H,9-11H2,1-2H3. The summed E-state index contributed by atoms with van der Waals surface area (Å²) in [6.07, 6.45) is 0. The second-order valence-electron chi connectivity index (χ2n) is 6.76. The van der Waals surface area contributed by atoms with Crippen LogP contribution < -0.4 is 18.9 Å². The smallest absolute Gasteiger partial charge is 0.387 e. The van der Waals surface area contributed by atoms with E-state index in [1.807, 2.05) is 18.0 Å².